The molecular formula is C10H16N2OS. The standard InChI is InChI=1S/C10H16N2OS/c1-7-12-8(5-14-7)9(13)10(6-11)3-2-4-10/h5,9,13H,2-4,6,11H2,1H3. The minimum Gasteiger partial charge on any atom is -0.386 e. The van der Waals surface area contributed by atoms with Gasteiger partial charge in [0.2, 0.25) is 0 Å². The number of nitrogens with two attached hydrogens (primary N) is 1. The van der Waals surface area contributed by atoms with E-state index in [1.165, 1.54) is 6.42 Å². The van der Waals surface area contributed by atoms with E-state index in [1.807, 2.05) is 12.3 Å². The SMILES string of the molecule is Cc1nc(C(O)C2(CN)CCC2)cs1. The van der Waals surface area contributed by atoms with Crippen molar-refractivity contribution in [3.63, 3.8) is 0 Å². The van der Waals surface area contributed by atoms with Gasteiger partial charge >= 0.3 is 0 Å². The van der Waals surface area contributed by atoms with Crippen LogP contribution in [0.25, 0.3) is 0 Å². The molecule has 0 amide bonds. The van der Waals surface area contributed by atoms with Crippen LogP contribution in [0.2, 0.25) is 0 Å². The van der Waals surface area contributed by atoms with Crippen molar-refractivity contribution >= 4 is 11.3 Å². The van der Waals surface area contributed by atoms with E-state index in [4.69, 9.17) is 5.73 Å². The molecule has 1 fully saturated rings. The highest BCUT2D eigenvalue weighted by Gasteiger charge is 2.43. The number of rotatable bonds is 3. The van der Waals surface area contributed by atoms with Gasteiger partial charge in [0.1, 0.15) is 6.10 Å². The Hall–Kier alpha value is -0.450. The van der Waals surface area contributed by atoms with Crippen LogP contribution in [-0.2, 0) is 0 Å². The van der Waals surface area contributed by atoms with Crippen LogP contribution in [0.5, 0.6) is 0 Å². The molecule has 14 heavy (non-hydrogen) atoms. The summed E-state index contributed by atoms with van der Waals surface area (Å²) in [6, 6.07) is 0. The van der Waals surface area contributed by atoms with Crippen LogP contribution in [0, 0.1) is 12.3 Å². The van der Waals surface area contributed by atoms with Crippen molar-refractivity contribution in [1.82, 2.24) is 4.98 Å². The second-order valence-corrected chi connectivity index (χ2v) is 5.18. The molecule has 0 spiro atoms. The quantitative estimate of drug-likeness (QED) is 0.800. The van der Waals surface area contributed by atoms with Crippen molar-refractivity contribution < 1.29 is 5.11 Å². The second-order valence-electron chi connectivity index (χ2n) is 4.11. The molecule has 3 nitrogen and oxygen atoms in total. The fraction of sp³-hybridized carbons (Fsp3) is 0.700. The molecule has 0 aliphatic heterocycles. The lowest BCUT2D eigenvalue weighted by molar-refractivity contribution is -0.0319. The highest BCUT2D eigenvalue weighted by Crippen LogP contribution is 2.49. The highest BCUT2D eigenvalue weighted by atomic mass is 32.1. The van der Waals surface area contributed by atoms with E-state index in [-0.39, 0.29) is 5.41 Å². The number of aryl methyl sites for hydroxylation is 1. The Bertz CT molecular complexity index is 314. The maximum atomic E-state index is 10.2. The van der Waals surface area contributed by atoms with Gasteiger partial charge < -0.3 is 10.8 Å². The lowest BCUT2D eigenvalue weighted by atomic mass is 9.64. The van der Waals surface area contributed by atoms with Gasteiger partial charge in [-0.25, -0.2) is 4.98 Å². The van der Waals surface area contributed by atoms with Gasteiger partial charge in [-0.3, -0.25) is 0 Å². The van der Waals surface area contributed by atoms with Crippen molar-refractivity contribution in [2.45, 2.75) is 32.3 Å². The molecular weight excluding hydrogens is 196 g/mol. The van der Waals surface area contributed by atoms with Crippen molar-refractivity contribution in [1.29, 1.82) is 0 Å². The first-order valence-electron chi connectivity index (χ1n) is 4.98. The van der Waals surface area contributed by atoms with Gasteiger partial charge in [0.25, 0.3) is 0 Å². The predicted octanol–water partition coefficient (Wildman–Crippen LogP) is 1.61. The van der Waals surface area contributed by atoms with E-state index in [9.17, 15) is 5.11 Å². The normalized spacial score (nSPS) is 21.6. The van der Waals surface area contributed by atoms with Gasteiger partial charge in [-0.05, 0) is 19.8 Å². The lowest BCUT2D eigenvalue weighted by Crippen LogP contribution is -2.42. The molecule has 78 valence electrons. The Balaban J connectivity index is 2.18. The molecule has 1 atom stereocenters. The third-order valence-corrected chi connectivity index (χ3v) is 4.04. The van der Waals surface area contributed by atoms with Crippen molar-refractivity contribution in [2.75, 3.05) is 6.54 Å². The molecule has 1 aliphatic rings. The van der Waals surface area contributed by atoms with Crippen molar-refractivity contribution in [3.05, 3.63) is 16.1 Å². The van der Waals surface area contributed by atoms with Crippen molar-refractivity contribution in [3.8, 4) is 0 Å². The van der Waals surface area contributed by atoms with E-state index in [0.717, 1.165) is 23.5 Å². The third-order valence-electron chi connectivity index (χ3n) is 3.25. The van der Waals surface area contributed by atoms with E-state index in [0.29, 0.717) is 6.54 Å². The summed E-state index contributed by atoms with van der Waals surface area (Å²) < 4.78 is 0. The molecule has 1 heterocycles. The predicted molar refractivity (Wildman–Crippen MR) is 57.1 cm³/mol. The molecule has 2 rings (SSSR count). The summed E-state index contributed by atoms with van der Waals surface area (Å²) in [5, 5.41) is 13.1. The van der Waals surface area contributed by atoms with E-state index < -0.39 is 6.10 Å². The summed E-state index contributed by atoms with van der Waals surface area (Å²) in [7, 11) is 0. The Morgan fingerprint density at radius 1 is 1.71 bits per heavy atom. The molecule has 1 aliphatic carbocycles. The molecule has 0 aromatic carbocycles. The zero-order valence-corrected chi connectivity index (χ0v) is 9.18. The van der Waals surface area contributed by atoms with E-state index in [1.54, 1.807) is 11.3 Å². The first-order chi connectivity index (χ1) is 6.68. The summed E-state index contributed by atoms with van der Waals surface area (Å²) >= 11 is 1.58. The maximum absolute atomic E-state index is 10.2. The zero-order chi connectivity index (χ0) is 10.2. The number of thiazole rings is 1. The van der Waals surface area contributed by atoms with Gasteiger partial charge in [0, 0.05) is 17.3 Å². The average molecular weight is 212 g/mol. The molecule has 0 radical (unpaired) electrons. The fourth-order valence-corrected chi connectivity index (χ4v) is 2.67. The third kappa shape index (κ3) is 1.47. The van der Waals surface area contributed by atoms with Gasteiger partial charge in [-0.15, -0.1) is 11.3 Å². The largest absolute Gasteiger partial charge is 0.386 e. The summed E-state index contributed by atoms with van der Waals surface area (Å²) in [6.07, 6.45) is 2.77. The summed E-state index contributed by atoms with van der Waals surface area (Å²) in [5.41, 5.74) is 6.45. The van der Waals surface area contributed by atoms with E-state index in [2.05, 4.69) is 4.98 Å². The minimum absolute atomic E-state index is 0.0828. The first kappa shape index (κ1) is 10.1. The Kier molecular flexibility index (Phi) is 2.60. The van der Waals surface area contributed by atoms with Crippen LogP contribution < -0.4 is 5.73 Å². The smallest absolute Gasteiger partial charge is 0.104 e. The molecule has 1 saturated carbocycles. The lowest BCUT2D eigenvalue weighted by Gasteiger charge is -2.44. The molecule has 0 saturated heterocycles. The zero-order valence-electron chi connectivity index (χ0n) is 8.36. The first-order valence-corrected chi connectivity index (χ1v) is 5.86. The number of aliphatic hydroxyl groups is 1. The molecule has 0 bridgehead atoms. The molecule has 1 aromatic heterocycles. The minimum atomic E-state index is -0.466. The number of aromatic nitrogens is 1. The molecule has 1 aromatic rings. The number of hydrogen-bond acceptors (Lipinski definition) is 4. The average Bonchev–Trinajstić information content (AvgIpc) is 2.50. The summed E-state index contributed by atoms with van der Waals surface area (Å²) in [5.74, 6) is 0. The fourth-order valence-electron chi connectivity index (χ4n) is 2.04. The number of aliphatic hydroxyl groups excluding tert-OH is 1. The van der Waals surface area contributed by atoms with Crippen LogP contribution in [0.1, 0.15) is 36.1 Å². The van der Waals surface area contributed by atoms with Crippen LogP contribution in [0.3, 0.4) is 0 Å². The van der Waals surface area contributed by atoms with Crippen LogP contribution >= 0.6 is 11.3 Å². The summed E-state index contributed by atoms with van der Waals surface area (Å²) in [6.45, 7) is 2.52. The molecule has 1 unspecified atom stereocenters. The number of nitrogens with zero attached hydrogens (tertiary/aromatic N) is 1. The molecule has 3 N–H and O–H groups in total. The van der Waals surface area contributed by atoms with Crippen LogP contribution in [0.4, 0.5) is 0 Å². The second kappa shape index (κ2) is 3.61. The maximum Gasteiger partial charge on any atom is 0.104 e. The topological polar surface area (TPSA) is 59.1 Å². The van der Waals surface area contributed by atoms with Gasteiger partial charge in [0.15, 0.2) is 0 Å². The molecule has 4 heteroatoms. The van der Waals surface area contributed by atoms with Gasteiger partial charge in [-0.2, -0.15) is 0 Å². The number of hydrogen-bond donors (Lipinski definition) is 2. The Labute approximate surface area is 88.0 Å². The van der Waals surface area contributed by atoms with Crippen molar-refractivity contribution in [2.24, 2.45) is 11.1 Å². The Morgan fingerprint density at radius 3 is 2.79 bits per heavy atom. The monoisotopic (exact) mass is 212 g/mol. The van der Waals surface area contributed by atoms with Gasteiger partial charge in [0.05, 0.1) is 10.7 Å². The van der Waals surface area contributed by atoms with Gasteiger partial charge in [-0.1, -0.05) is 6.42 Å². The highest BCUT2D eigenvalue weighted by molar-refractivity contribution is 7.09. The van der Waals surface area contributed by atoms with Crippen LogP contribution in [-0.4, -0.2) is 16.6 Å². The van der Waals surface area contributed by atoms with Crippen LogP contribution in [0.15, 0.2) is 5.38 Å². The summed E-state index contributed by atoms with van der Waals surface area (Å²) in [4.78, 5) is 4.32. The Morgan fingerprint density at radius 2 is 2.43 bits per heavy atom. The van der Waals surface area contributed by atoms with E-state index >= 15 is 0 Å².